The maximum atomic E-state index is 13.1. The first-order chi connectivity index (χ1) is 20.0. The lowest BCUT2D eigenvalue weighted by atomic mass is 9.81. The van der Waals surface area contributed by atoms with Crippen LogP contribution in [0.25, 0.3) is 11.1 Å². The zero-order valence-electron chi connectivity index (χ0n) is 24.5. The maximum absolute atomic E-state index is 13.1. The second-order valence-corrected chi connectivity index (χ2v) is 16.1. The molecule has 6 aliphatic carbocycles. The molecule has 0 aliphatic heterocycles. The zero-order chi connectivity index (χ0) is 29.3. The molecule has 0 spiro atoms. The van der Waals surface area contributed by atoms with Crippen LogP contribution in [-0.4, -0.2) is 34.6 Å². The zero-order valence-corrected chi connectivity index (χ0v) is 26.1. The molecule has 0 amide bonds. The number of hydrogen-bond donors (Lipinski definition) is 0. The maximum Gasteiger partial charge on any atom is 0.188 e. The van der Waals surface area contributed by atoms with E-state index in [4.69, 9.17) is 9.98 Å². The fourth-order valence-corrected chi connectivity index (χ4v) is 11.6. The van der Waals surface area contributed by atoms with Gasteiger partial charge in [0.1, 0.15) is 10.0 Å². The molecule has 42 heavy (non-hydrogen) atoms. The van der Waals surface area contributed by atoms with Gasteiger partial charge in [-0.05, 0) is 60.1 Å². The predicted octanol–water partition coefficient (Wildman–Crippen LogP) is 7.36. The number of carbonyl (C=O) groups is 4. The first kappa shape index (κ1) is 26.8. The average molecular weight is 599 g/mol. The van der Waals surface area contributed by atoms with Gasteiger partial charge < -0.3 is 0 Å². The molecule has 0 radical (unpaired) electrons. The smallest absolute Gasteiger partial charge is 0.188 e. The van der Waals surface area contributed by atoms with E-state index in [9.17, 15) is 19.2 Å². The first-order valence-electron chi connectivity index (χ1n) is 15.4. The third-order valence-electron chi connectivity index (χ3n) is 11.0. The lowest BCUT2D eigenvalue weighted by Crippen LogP contribution is -2.21. The highest BCUT2D eigenvalue weighted by Gasteiger charge is 2.53. The first-order valence-corrected chi connectivity index (χ1v) is 17.0. The summed E-state index contributed by atoms with van der Waals surface area (Å²) in [6, 6.07) is 4.16. The standard InChI is InChI=1S/C34H34N2O4S2/c1-33(2)19-13-21(35-25-27(37)15-9-5-6-10-16(15)28(25)38)41-31(19)24-23(33)32-20(34(24,3)4)14-22(42-32)36-26-29(39)17-11-7-8-12-18(17)30(26)40/h13-18H,5-12H2,1-4H3. The molecule has 0 saturated heterocycles. The molecule has 0 aromatic carbocycles. The summed E-state index contributed by atoms with van der Waals surface area (Å²) < 4.78 is 0. The Morgan fingerprint density at radius 3 is 1.19 bits per heavy atom. The number of nitrogens with zero attached hydrogens (tertiary/aromatic N) is 2. The van der Waals surface area contributed by atoms with Crippen molar-refractivity contribution in [1.82, 2.24) is 0 Å². The molecule has 4 atom stereocenters. The second-order valence-electron chi connectivity index (χ2n) is 14.0. The van der Waals surface area contributed by atoms with E-state index in [2.05, 4.69) is 39.8 Å². The molecule has 8 heteroatoms. The van der Waals surface area contributed by atoms with E-state index in [1.165, 1.54) is 32.0 Å². The van der Waals surface area contributed by atoms with Crippen LogP contribution >= 0.6 is 22.7 Å². The summed E-state index contributed by atoms with van der Waals surface area (Å²) >= 11 is 3.16. The largest absolute Gasteiger partial charge is 0.292 e. The van der Waals surface area contributed by atoms with E-state index >= 15 is 0 Å². The second kappa shape index (κ2) is 8.85. The van der Waals surface area contributed by atoms with E-state index in [-0.39, 0.29) is 69.1 Å². The van der Waals surface area contributed by atoms with E-state index in [0.29, 0.717) is 0 Å². The van der Waals surface area contributed by atoms with Crippen molar-refractivity contribution in [3.8, 4) is 0 Å². The number of carbonyl (C=O) groups excluding carboxylic acids is 4. The number of allylic oxidation sites excluding steroid dienone is 2. The Kier molecular flexibility index (Phi) is 5.64. The van der Waals surface area contributed by atoms with Gasteiger partial charge in [0.05, 0.1) is 0 Å². The van der Waals surface area contributed by atoms with Crippen molar-refractivity contribution in [3.05, 3.63) is 33.0 Å². The monoisotopic (exact) mass is 598 g/mol. The van der Waals surface area contributed by atoms with E-state index in [0.717, 1.165) is 61.4 Å². The molecule has 2 aromatic heterocycles. The van der Waals surface area contributed by atoms with Crippen LogP contribution in [-0.2, 0) is 30.0 Å². The van der Waals surface area contributed by atoms with Crippen LogP contribution in [0.15, 0.2) is 22.1 Å². The Morgan fingerprint density at radius 2 is 0.881 bits per heavy atom. The SMILES string of the molecule is CC1(C)C2=C(c3sc(N=C4C(=O)C5CCCCC5C4=O)cc31)C(C)(C)c1cc(N=C3C(=O)C4CCCCC4C3=O)sc12. The van der Waals surface area contributed by atoms with Crippen molar-refractivity contribution < 1.29 is 19.2 Å². The molecule has 0 N–H and O–H groups in total. The van der Waals surface area contributed by atoms with Gasteiger partial charge in [0.2, 0.25) is 0 Å². The minimum atomic E-state index is -0.303. The highest BCUT2D eigenvalue weighted by atomic mass is 32.1. The number of ketones is 4. The number of Topliss-reactive ketones (excluding diaryl/α,β-unsaturated/α-hetero) is 4. The molecule has 6 nitrogen and oxygen atoms in total. The molecule has 8 rings (SSSR count). The van der Waals surface area contributed by atoms with Gasteiger partial charge in [0.25, 0.3) is 0 Å². The molecular formula is C34H34N2O4S2. The summed E-state index contributed by atoms with van der Waals surface area (Å²) in [6.45, 7) is 8.90. The number of hydrogen-bond acceptors (Lipinski definition) is 8. The van der Waals surface area contributed by atoms with Crippen molar-refractivity contribution in [2.75, 3.05) is 0 Å². The van der Waals surface area contributed by atoms with Crippen molar-refractivity contribution in [2.24, 2.45) is 33.7 Å². The summed E-state index contributed by atoms with van der Waals surface area (Å²) in [5.41, 5.74) is 4.61. The van der Waals surface area contributed by atoms with Gasteiger partial charge in [-0.25, -0.2) is 9.98 Å². The average Bonchev–Trinajstić information content (AvgIpc) is 3.76. The molecule has 4 saturated carbocycles. The molecule has 6 aliphatic rings. The Hall–Kier alpha value is -2.84. The molecule has 2 heterocycles. The number of aliphatic imine (C=N–C) groups is 2. The molecule has 0 bridgehead atoms. The molecule has 4 fully saturated rings. The lowest BCUT2D eigenvalue weighted by molar-refractivity contribution is -0.120. The van der Waals surface area contributed by atoms with Gasteiger partial charge >= 0.3 is 0 Å². The van der Waals surface area contributed by atoms with Crippen LogP contribution in [0.5, 0.6) is 0 Å². The van der Waals surface area contributed by atoms with E-state index < -0.39 is 0 Å². The van der Waals surface area contributed by atoms with Crippen molar-refractivity contribution in [2.45, 2.75) is 89.9 Å². The van der Waals surface area contributed by atoms with Gasteiger partial charge in [-0.1, -0.05) is 53.4 Å². The summed E-state index contributed by atoms with van der Waals surface area (Å²) in [5.74, 6) is -0.954. The summed E-state index contributed by atoms with van der Waals surface area (Å²) in [7, 11) is 0. The van der Waals surface area contributed by atoms with Gasteiger partial charge in [-0.15, -0.1) is 22.7 Å². The van der Waals surface area contributed by atoms with Crippen molar-refractivity contribution in [1.29, 1.82) is 0 Å². The highest BCUT2D eigenvalue weighted by Crippen LogP contribution is 2.67. The van der Waals surface area contributed by atoms with Crippen molar-refractivity contribution >= 4 is 78.4 Å². The fourth-order valence-electron chi connectivity index (χ4n) is 8.76. The van der Waals surface area contributed by atoms with Crippen LogP contribution < -0.4 is 0 Å². The lowest BCUT2D eigenvalue weighted by Gasteiger charge is -2.23. The van der Waals surface area contributed by atoms with Gasteiger partial charge in [-0.2, -0.15) is 0 Å². The third-order valence-corrected chi connectivity index (χ3v) is 13.1. The predicted molar refractivity (Wildman–Crippen MR) is 167 cm³/mol. The Balaban J connectivity index is 1.17. The number of thiophene rings is 2. The Morgan fingerprint density at radius 1 is 0.571 bits per heavy atom. The van der Waals surface area contributed by atoms with Crippen molar-refractivity contribution in [3.63, 3.8) is 0 Å². The van der Waals surface area contributed by atoms with Gasteiger partial charge in [0, 0.05) is 44.3 Å². The van der Waals surface area contributed by atoms with Crippen LogP contribution in [0.3, 0.4) is 0 Å². The molecule has 216 valence electrons. The number of rotatable bonds is 2. The third kappa shape index (κ3) is 3.42. The summed E-state index contributed by atoms with van der Waals surface area (Å²) in [4.78, 5) is 64.3. The number of fused-ring (bicyclic) bond motifs is 6. The quantitative estimate of drug-likeness (QED) is 0.361. The van der Waals surface area contributed by atoms with Crippen LogP contribution in [0.4, 0.5) is 10.0 Å². The highest BCUT2D eigenvalue weighted by molar-refractivity contribution is 7.19. The minimum Gasteiger partial charge on any atom is -0.292 e. The molecule has 2 aromatic rings. The van der Waals surface area contributed by atoms with Crippen LogP contribution in [0.1, 0.15) is 99.9 Å². The summed E-state index contributed by atoms with van der Waals surface area (Å²) in [6.07, 6.45) is 7.22. The Bertz CT molecular complexity index is 1570. The minimum absolute atomic E-state index is 0.0616. The topological polar surface area (TPSA) is 93.0 Å². The Labute approximate surface area is 253 Å². The van der Waals surface area contributed by atoms with Gasteiger partial charge in [0.15, 0.2) is 34.6 Å². The van der Waals surface area contributed by atoms with Crippen LogP contribution in [0, 0.1) is 23.7 Å². The van der Waals surface area contributed by atoms with Crippen LogP contribution in [0.2, 0.25) is 0 Å². The van der Waals surface area contributed by atoms with Gasteiger partial charge in [-0.3, -0.25) is 19.2 Å². The normalized spacial score (nSPS) is 30.5. The van der Waals surface area contributed by atoms with E-state index in [1.807, 2.05) is 0 Å². The van der Waals surface area contributed by atoms with E-state index in [1.54, 1.807) is 22.7 Å². The fraction of sp³-hybridized carbons (Fsp3) is 0.529. The summed E-state index contributed by atoms with van der Waals surface area (Å²) in [5, 5.41) is 1.46. The molecular weight excluding hydrogens is 565 g/mol. The molecule has 4 unspecified atom stereocenters.